The van der Waals surface area contributed by atoms with E-state index in [9.17, 15) is 19.5 Å². The number of likely N-dealkylation sites (tertiary alicyclic amines) is 1. The molecule has 2 fully saturated rings. The number of alkyl carbamates (subject to hydrolysis) is 1. The van der Waals surface area contributed by atoms with Crippen LogP contribution in [0.3, 0.4) is 0 Å². The van der Waals surface area contributed by atoms with Crippen LogP contribution in [0.4, 0.5) is 4.79 Å². The summed E-state index contributed by atoms with van der Waals surface area (Å²) in [5.41, 5.74) is 2.84. The van der Waals surface area contributed by atoms with E-state index >= 15 is 0 Å². The molecule has 2 aliphatic carbocycles. The van der Waals surface area contributed by atoms with Gasteiger partial charge in [0.25, 0.3) is 0 Å². The number of β-amino-alcohol motifs (C(OH)–C–C–N with tert-alkyl or cyclic N) is 1. The summed E-state index contributed by atoms with van der Waals surface area (Å²) in [4.78, 5) is 37.8. The molecule has 1 saturated heterocycles. The van der Waals surface area contributed by atoms with Gasteiger partial charge in [-0.05, 0) is 47.4 Å². The molecule has 1 heterocycles. The molecule has 0 bridgehead atoms. The van der Waals surface area contributed by atoms with Crippen LogP contribution in [0.1, 0.15) is 49.1 Å². The van der Waals surface area contributed by atoms with Gasteiger partial charge < -0.3 is 25.2 Å². The van der Waals surface area contributed by atoms with Gasteiger partial charge in [0, 0.05) is 31.3 Å². The highest BCUT2D eigenvalue weighted by atomic mass is 16.5. The van der Waals surface area contributed by atoms with Crippen molar-refractivity contribution in [3.8, 4) is 11.1 Å². The molecule has 2 aromatic rings. The van der Waals surface area contributed by atoms with Crippen molar-refractivity contribution in [3.63, 3.8) is 0 Å². The average Bonchev–Trinajstić information content (AvgIpc) is 3.54. The van der Waals surface area contributed by atoms with Crippen molar-refractivity contribution in [2.75, 3.05) is 19.7 Å². The van der Waals surface area contributed by atoms with Crippen LogP contribution in [-0.4, -0.2) is 64.4 Å². The molecule has 3 unspecified atom stereocenters. The number of aliphatic hydroxyl groups is 1. The van der Waals surface area contributed by atoms with E-state index in [0.29, 0.717) is 12.8 Å². The maximum atomic E-state index is 12.6. The Morgan fingerprint density at radius 3 is 2.31 bits per heavy atom. The smallest absolute Gasteiger partial charge is 0.407 e. The molecule has 0 radical (unpaired) electrons. The normalized spacial score (nSPS) is 25.2. The molecule has 2 amide bonds. The van der Waals surface area contributed by atoms with E-state index in [0.717, 1.165) is 24.0 Å². The third-order valence-corrected chi connectivity index (χ3v) is 7.67. The third-order valence-electron chi connectivity index (χ3n) is 7.67. The summed E-state index contributed by atoms with van der Waals surface area (Å²) in [7, 11) is 0. The van der Waals surface area contributed by atoms with Crippen molar-refractivity contribution in [3.05, 3.63) is 59.7 Å². The van der Waals surface area contributed by atoms with Crippen molar-refractivity contribution in [2.24, 2.45) is 5.92 Å². The molecular weight excluding hydrogens is 448 g/mol. The number of ether oxygens (including phenoxy) is 1. The number of carboxylic acid groups (broad SMARTS) is 1. The minimum atomic E-state index is -1.85. The standard InChI is InChI=1S/C27H30N2O6/c30-24(29-12-11-27(34,16-29)25(31)32)14-17-9-10-18(13-17)28-26(33)35-15-23-21-7-3-1-5-19(21)20-6-2-4-8-22(20)23/h1-8,17-18,23,34H,9-16H2,(H,28,33)(H,31,32). The van der Waals surface area contributed by atoms with Crippen LogP contribution in [0.25, 0.3) is 11.1 Å². The lowest BCUT2D eigenvalue weighted by atomic mass is 9.98. The Labute approximate surface area is 203 Å². The first-order valence-electron chi connectivity index (χ1n) is 12.2. The average molecular weight is 479 g/mol. The summed E-state index contributed by atoms with van der Waals surface area (Å²) in [6.07, 6.45) is 2.13. The molecule has 8 nitrogen and oxygen atoms in total. The van der Waals surface area contributed by atoms with Gasteiger partial charge in [-0.25, -0.2) is 9.59 Å². The number of carboxylic acids is 1. The van der Waals surface area contributed by atoms with Gasteiger partial charge in [0.1, 0.15) is 6.61 Å². The second-order valence-electron chi connectivity index (χ2n) is 9.95. The molecule has 2 aromatic carbocycles. The maximum Gasteiger partial charge on any atom is 0.407 e. The van der Waals surface area contributed by atoms with Crippen LogP contribution in [0.15, 0.2) is 48.5 Å². The highest BCUT2D eigenvalue weighted by Gasteiger charge is 2.45. The lowest BCUT2D eigenvalue weighted by Gasteiger charge is -2.21. The number of rotatable bonds is 6. The first-order chi connectivity index (χ1) is 16.8. The van der Waals surface area contributed by atoms with Crippen molar-refractivity contribution in [2.45, 2.75) is 49.7 Å². The van der Waals surface area contributed by atoms with Gasteiger partial charge in [-0.15, -0.1) is 0 Å². The minimum absolute atomic E-state index is 0.00649. The van der Waals surface area contributed by atoms with Gasteiger partial charge in [-0.3, -0.25) is 4.79 Å². The van der Waals surface area contributed by atoms with E-state index < -0.39 is 17.7 Å². The molecule has 5 rings (SSSR count). The summed E-state index contributed by atoms with van der Waals surface area (Å²) >= 11 is 0. The van der Waals surface area contributed by atoms with Gasteiger partial charge in [-0.1, -0.05) is 48.5 Å². The summed E-state index contributed by atoms with van der Waals surface area (Å²) in [5, 5.41) is 22.2. The number of carbonyl (C=O) groups is 3. The Morgan fingerprint density at radius 1 is 1.03 bits per heavy atom. The van der Waals surface area contributed by atoms with Crippen LogP contribution < -0.4 is 5.32 Å². The SMILES string of the molecule is O=C(NC1CCC(CC(=O)N2CCC(O)(C(=O)O)C2)C1)OCC1c2ccccc2-c2ccccc21. The maximum absolute atomic E-state index is 12.6. The molecule has 0 aromatic heterocycles. The third kappa shape index (κ3) is 4.62. The number of benzene rings is 2. The number of hydrogen-bond acceptors (Lipinski definition) is 5. The minimum Gasteiger partial charge on any atom is -0.479 e. The fourth-order valence-electron chi connectivity index (χ4n) is 5.76. The lowest BCUT2D eigenvalue weighted by Crippen LogP contribution is -2.42. The number of fused-ring (bicyclic) bond motifs is 3. The van der Waals surface area contributed by atoms with Gasteiger partial charge in [0.05, 0.1) is 6.54 Å². The Hall–Kier alpha value is -3.39. The number of aliphatic carboxylic acids is 1. The van der Waals surface area contributed by atoms with E-state index in [1.54, 1.807) is 0 Å². The topological polar surface area (TPSA) is 116 Å². The highest BCUT2D eigenvalue weighted by Crippen LogP contribution is 2.44. The number of carbonyl (C=O) groups excluding carboxylic acids is 2. The zero-order valence-corrected chi connectivity index (χ0v) is 19.5. The second-order valence-corrected chi connectivity index (χ2v) is 9.95. The van der Waals surface area contributed by atoms with Crippen LogP contribution >= 0.6 is 0 Å². The molecule has 3 atom stereocenters. The number of hydrogen-bond donors (Lipinski definition) is 3. The van der Waals surface area contributed by atoms with Crippen molar-refractivity contribution >= 4 is 18.0 Å². The molecule has 3 aliphatic rings. The quantitative estimate of drug-likeness (QED) is 0.588. The van der Waals surface area contributed by atoms with E-state index in [1.807, 2.05) is 24.3 Å². The predicted molar refractivity (Wildman–Crippen MR) is 128 cm³/mol. The molecule has 1 saturated carbocycles. The number of amides is 2. The molecule has 1 aliphatic heterocycles. The van der Waals surface area contributed by atoms with Crippen LogP contribution in [0, 0.1) is 5.92 Å². The predicted octanol–water partition coefficient (Wildman–Crippen LogP) is 3.13. The molecule has 184 valence electrons. The summed E-state index contributed by atoms with van der Waals surface area (Å²) in [6, 6.07) is 16.3. The van der Waals surface area contributed by atoms with E-state index in [-0.39, 0.29) is 49.9 Å². The lowest BCUT2D eigenvalue weighted by molar-refractivity contribution is -0.157. The Kier molecular flexibility index (Phi) is 6.23. The van der Waals surface area contributed by atoms with Crippen molar-refractivity contribution in [1.29, 1.82) is 0 Å². The molecule has 8 heteroatoms. The van der Waals surface area contributed by atoms with E-state index in [2.05, 4.69) is 29.6 Å². The zero-order valence-electron chi connectivity index (χ0n) is 19.5. The van der Waals surface area contributed by atoms with Crippen molar-refractivity contribution in [1.82, 2.24) is 10.2 Å². The van der Waals surface area contributed by atoms with Crippen LogP contribution in [0.2, 0.25) is 0 Å². The summed E-state index contributed by atoms with van der Waals surface area (Å²) in [6.45, 7) is 0.334. The Bertz CT molecular complexity index is 1100. The van der Waals surface area contributed by atoms with Gasteiger partial charge >= 0.3 is 12.1 Å². The number of nitrogens with one attached hydrogen (secondary N) is 1. The van der Waals surface area contributed by atoms with E-state index in [4.69, 9.17) is 9.84 Å². The number of nitrogens with zero attached hydrogens (tertiary/aromatic N) is 1. The molecule has 35 heavy (non-hydrogen) atoms. The van der Waals surface area contributed by atoms with Crippen LogP contribution in [0.5, 0.6) is 0 Å². The zero-order chi connectivity index (χ0) is 24.6. The van der Waals surface area contributed by atoms with Gasteiger partial charge in [0.2, 0.25) is 5.91 Å². The second kappa shape index (κ2) is 9.34. The molecule has 0 spiro atoms. The monoisotopic (exact) mass is 478 g/mol. The highest BCUT2D eigenvalue weighted by molar-refractivity contribution is 5.82. The fourth-order valence-corrected chi connectivity index (χ4v) is 5.76. The Morgan fingerprint density at radius 2 is 1.69 bits per heavy atom. The largest absolute Gasteiger partial charge is 0.479 e. The summed E-state index contributed by atoms with van der Waals surface area (Å²) in [5.74, 6) is -1.32. The fraction of sp³-hybridized carbons (Fsp3) is 0.444. The molecule has 3 N–H and O–H groups in total. The molecular formula is C27H30N2O6. The first-order valence-corrected chi connectivity index (χ1v) is 12.2. The first kappa shape index (κ1) is 23.4. The van der Waals surface area contributed by atoms with Crippen LogP contribution in [-0.2, 0) is 14.3 Å². The van der Waals surface area contributed by atoms with Gasteiger partial charge in [-0.2, -0.15) is 0 Å². The van der Waals surface area contributed by atoms with Gasteiger partial charge in [0.15, 0.2) is 5.60 Å². The van der Waals surface area contributed by atoms with Crippen molar-refractivity contribution < 1.29 is 29.3 Å². The summed E-state index contributed by atoms with van der Waals surface area (Å²) < 4.78 is 5.64. The van der Waals surface area contributed by atoms with E-state index in [1.165, 1.54) is 16.0 Å². The Balaban J connectivity index is 1.10.